The molecule has 2 radical (unpaired) electrons. The molecule has 11 atom stereocenters. The third-order valence-electron chi connectivity index (χ3n) is 5.16. The first-order valence-electron chi connectivity index (χ1n) is 9.99. The summed E-state index contributed by atoms with van der Waals surface area (Å²) in [5.74, 6) is 0. The van der Waals surface area contributed by atoms with Crippen LogP contribution >= 0.6 is 15.6 Å². The van der Waals surface area contributed by atoms with Crippen molar-refractivity contribution in [1.29, 1.82) is 0 Å². The molecule has 9 N–H and O–H groups in total. The molecule has 0 aliphatic carbocycles. The number of aliphatic hydroxyl groups is 6. The Bertz CT molecular complexity index is 1140. The maximum atomic E-state index is 12.2. The molecule has 208 valence electrons. The van der Waals surface area contributed by atoms with E-state index in [-0.39, 0.29) is 59.1 Å². The van der Waals surface area contributed by atoms with Gasteiger partial charge in [0.15, 0.2) is 12.5 Å². The average molecular weight is 618 g/mol. The van der Waals surface area contributed by atoms with Crippen LogP contribution in [0.4, 0.5) is 0 Å². The van der Waals surface area contributed by atoms with Crippen molar-refractivity contribution in [2.75, 3.05) is 13.2 Å². The predicted octanol–water partition coefficient (Wildman–Crippen LogP) is -5.56. The maximum Gasteiger partial charge on any atom is 0.483 e. The SMILES string of the molecule is O=c1ccn([C@@H]2O[C@H](COP(=O)(O)OP(=O)(O)O[13C@H]3O[13C@H]([13CH2]O)[13C@@H](O)[13C@H](O)[13C@H]3O)[C@@H](O)[C@H]2O)c(=O)[nH]1.[Na].[Na]. The Morgan fingerprint density at radius 2 is 1.50 bits per heavy atom. The van der Waals surface area contributed by atoms with Crippen LogP contribution in [0.25, 0.3) is 0 Å². The second-order valence-electron chi connectivity index (χ2n) is 7.68. The van der Waals surface area contributed by atoms with E-state index in [1.807, 2.05) is 4.98 Å². The van der Waals surface area contributed by atoms with E-state index in [4.69, 9.17) is 14.6 Å². The summed E-state index contributed by atoms with van der Waals surface area (Å²) in [4.78, 5) is 44.5. The maximum absolute atomic E-state index is 12.2. The monoisotopic (exact) mass is 618 g/mol. The molecule has 2 aliphatic rings. The van der Waals surface area contributed by atoms with E-state index < -0.39 is 95.4 Å². The summed E-state index contributed by atoms with van der Waals surface area (Å²) in [5.41, 5.74) is -1.75. The molecule has 2 unspecified atom stereocenters. The Labute approximate surface area is 256 Å². The average Bonchev–Trinajstić information content (AvgIpc) is 3.06. The van der Waals surface area contributed by atoms with Gasteiger partial charge in [0, 0.05) is 71.4 Å². The molecule has 0 aromatic carbocycles. The van der Waals surface area contributed by atoms with Gasteiger partial charge in [-0.2, -0.15) is 4.31 Å². The van der Waals surface area contributed by atoms with Gasteiger partial charge in [0.05, 0.1) is 13.2 Å². The number of rotatable bonds is 9. The first kappa shape index (κ1) is 36.6. The molecule has 2 saturated heterocycles. The molecule has 0 saturated carbocycles. The van der Waals surface area contributed by atoms with E-state index in [1.54, 1.807) is 0 Å². The predicted molar refractivity (Wildman–Crippen MR) is 120 cm³/mol. The Hall–Kier alpha value is 0.620. The van der Waals surface area contributed by atoms with Crippen molar-refractivity contribution in [3.63, 3.8) is 0 Å². The summed E-state index contributed by atoms with van der Waals surface area (Å²) in [7, 11) is -11.1. The molecule has 19 nitrogen and oxygen atoms in total. The molecule has 1 aromatic rings. The molecule has 2 aliphatic heterocycles. The molecule has 3 heterocycles. The van der Waals surface area contributed by atoms with Gasteiger partial charge in [0.2, 0.25) is 0 Å². The van der Waals surface area contributed by atoms with Gasteiger partial charge in [-0.1, -0.05) is 0 Å². The quantitative estimate of drug-likeness (QED) is 0.0708. The number of aromatic nitrogens is 2. The largest absolute Gasteiger partial charge is 0.483 e. The van der Waals surface area contributed by atoms with Crippen molar-refractivity contribution >= 4 is 74.8 Å². The van der Waals surface area contributed by atoms with Crippen LogP contribution in [0.5, 0.6) is 0 Å². The topological polar surface area (TPSA) is 297 Å². The third-order valence-corrected chi connectivity index (χ3v) is 7.76. The first-order chi connectivity index (χ1) is 16.7. The van der Waals surface area contributed by atoms with E-state index in [1.165, 1.54) is 0 Å². The number of ether oxygens (including phenoxy) is 2. The number of H-pyrrole nitrogens is 1. The molecule has 1 aromatic heterocycles. The number of aromatic amines is 1. The van der Waals surface area contributed by atoms with E-state index in [2.05, 4.69) is 13.4 Å². The third kappa shape index (κ3) is 8.81. The minimum absolute atomic E-state index is 0. The number of nitrogens with one attached hydrogen (secondary N) is 1. The Morgan fingerprint density at radius 3 is 2.08 bits per heavy atom. The molecule has 0 amide bonds. The van der Waals surface area contributed by atoms with Crippen molar-refractivity contribution in [1.82, 2.24) is 9.55 Å². The summed E-state index contributed by atoms with van der Waals surface area (Å²) >= 11 is 0. The zero-order valence-electron chi connectivity index (χ0n) is 19.9. The van der Waals surface area contributed by atoms with Crippen molar-refractivity contribution in [3.8, 4) is 0 Å². The second kappa shape index (κ2) is 14.7. The zero-order chi connectivity index (χ0) is 27.0. The van der Waals surface area contributed by atoms with Crippen LogP contribution in [0.2, 0.25) is 0 Å². The van der Waals surface area contributed by atoms with Crippen LogP contribution in [0, 0.1) is 0 Å². The molecule has 0 spiro atoms. The number of hydrogen-bond donors (Lipinski definition) is 9. The molecule has 38 heavy (non-hydrogen) atoms. The fourth-order valence-electron chi connectivity index (χ4n) is 3.35. The number of phosphoric ester groups is 2. The van der Waals surface area contributed by atoms with Gasteiger partial charge in [-0.05, 0) is 0 Å². The van der Waals surface area contributed by atoms with Crippen LogP contribution in [0.1, 0.15) is 6.23 Å². The van der Waals surface area contributed by atoms with Gasteiger partial charge in [0.1, 0.15) is 42.7 Å². The molecule has 23 heteroatoms. The number of hydrogen-bond acceptors (Lipinski definition) is 15. The van der Waals surface area contributed by atoms with Crippen LogP contribution in [-0.4, -0.2) is 171 Å². The van der Waals surface area contributed by atoms with E-state index >= 15 is 0 Å². The molecule has 3 rings (SSSR count). The van der Waals surface area contributed by atoms with E-state index in [0.717, 1.165) is 16.8 Å². The van der Waals surface area contributed by atoms with Gasteiger partial charge < -0.3 is 49.9 Å². The van der Waals surface area contributed by atoms with Crippen molar-refractivity contribution in [3.05, 3.63) is 33.1 Å². The Balaban J connectivity index is 0.00000361. The number of phosphoric acid groups is 2. The van der Waals surface area contributed by atoms with Crippen LogP contribution in [0.15, 0.2) is 21.9 Å². The minimum atomic E-state index is -5.59. The van der Waals surface area contributed by atoms with Crippen molar-refractivity contribution < 1.29 is 72.4 Å². The fraction of sp³-hybridized carbons (Fsp3) is 0.733. The van der Waals surface area contributed by atoms with E-state index in [9.17, 15) is 54.0 Å². The molecular formula is C15H24N2Na2O17P2. The Kier molecular flexibility index (Phi) is 14.2. The van der Waals surface area contributed by atoms with Crippen LogP contribution in [-0.2, 0) is 32.0 Å². The normalized spacial score (nSPS) is 36.4. The standard InChI is InChI=1S/C15H24N2O17P2.2Na/c18-3-5-8(20)10(22)12(24)14(32-5)33-36(28,29)34-35(26,27)30-4-6-9(21)11(23)13(31-6)17-2-1-7(19)16-15(17)25;;/h1-2,5-6,8-14,18,20-24H,3-4H2,(H,26,27)(H,28,29)(H,16,19,25);;/t5-,6-,8-,9-,10+,11-,12-,13-,14-;;/m1../s1/i3+1,5+1,8+1,10+1,12+1,14+1;;. The van der Waals surface area contributed by atoms with Crippen LogP contribution < -0.4 is 11.2 Å². The van der Waals surface area contributed by atoms with Gasteiger partial charge >= 0.3 is 21.3 Å². The zero-order valence-corrected chi connectivity index (χ0v) is 25.6. The number of aliphatic hydroxyl groups excluding tert-OH is 6. The summed E-state index contributed by atoms with van der Waals surface area (Å²) in [5, 5.41) is 58.6. The minimum Gasteiger partial charge on any atom is -0.394 e. The summed E-state index contributed by atoms with van der Waals surface area (Å²) in [6.45, 7) is -1.93. The van der Waals surface area contributed by atoms with Crippen molar-refractivity contribution in [2.24, 2.45) is 0 Å². The summed E-state index contributed by atoms with van der Waals surface area (Å²) in [6.07, 6.45) is -15.4. The number of nitrogens with zero attached hydrogens (tertiary/aromatic N) is 1. The summed E-state index contributed by atoms with van der Waals surface area (Å²) < 4.78 is 48.1. The van der Waals surface area contributed by atoms with Gasteiger partial charge in [0.25, 0.3) is 5.56 Å². The second-order valence-corrected chi connectivity index (χ2v) is 10.7. The molecule has 2 fully saturated rings. The van der Waals surface area contributed by atoms with Gasteiger partial charge in [-0.25, -0.2) is 13.9 Å². The van der Waals surface area contributed by atoms with Gasteiger partial charge in [-0.15, -0.1) is 0 Å². The Morgan fingerprint density at radius 1 is 0.895 bits per heavy atom. The molecular weight excluding hydrogens is 594 g/mol. The summed E-state index contributed by atoms with van der Waals surface area (Å²) in [6, 6.07) is 0.928. The fourth-order valence-corrected chi connectivity index (χ4v) is 5.51. The molecule has 0 bridgehead atoms. The van der Waals surface area contributed by atoms with Gasteiger partial charge in [-0.3, -0.25) is 23.4 Å². The van der Waals surface area contributed by atoms with Crippen molar-refractivity contribution in [2.45, 2.75) is 55.2 Å². The smallest absolute Gasteiger partial charge is 0.394 e. The first-order valence-corrected chi connectivity index (χ1v) is 13.0. The van der Waals surface area contributed by atoms with Crippen LogP contribution in [0.3, 0.4) is 0 Å². The van der Waals surface area contributed by atoms with E-state index in [0.29, 0.717) is 0 Å².